The van der Waals surface area contributed by atoms with E-state index in [4.69, 9.17) is 5.84 Å². The third kappa shape index (κ3) is 1.50. The Morgan fingerprint density at radius 2 is 2.14 bits per heavy atom. The lowest BCUT2D eigenvalue weighted by molar-refractivity contribution is -0.112. The molecule has 0 saturated carbocycles. The normalized spacial score (nSPS) is 21.5. The van der Waals surface area contributed by atoms with Crippen molar-refractivity contribution in [2.45, 2.75) is 6.17 Å². The van der Waals surface area contributed by atoms with E-state index in [9.17, 15) is 4.79 Å². The number of hydrogen-bond donors (Lipinski definition) is 2. The first-order chi connectivity index (χ1) is 6.81. The molecule has 0 radical (unpaired) electrons. The average Bonchev–Trinajstić information content (AvgIpc) is 2.61. The van der Waals surface area contributed by atoms with Gasteiger partial charge in [0.15, 0.2) is 12.5 Å². The van der Waals surface area contributed by atoms with Crippen LogP contribution in [-0.2, 0) is 4.79 Å². The van der Waals surface area contributed by atoms with Crippen molar-refractivity contribution in [1.29, 1.82) is 0 Å². The first kappa shape index (κ1) is 8.86. The zero-order valence-electron chi connectivity index (χ0n) is 7.42. The van der Waals surface area contributed by atoms with Crippen LogP contribution in [0.1, 0.15) is 5.56 Å². The molecule has 0 aromatic heterocycles. The Balaban J connectivity index is 2.26. The van der Waals surface area contributed by atoms with Gasteiger partial charge in [0.2, 0.25) is 0 Å². The number of hydrazine groups is 2. The van der Waals surface area contributed by atoms with E-state index in [0.717, 1.165) is 5.56 Å². The number of carbonyl (C=O) groups is 1. The molecule has 1 heterocycles. The molecule has 0 aliphatic carbocycles. The lowest BCUT2D eigenvalue weighted by Crippen LogP contribution is -2.46. The minimum atomic E-state index is -0.634. The van der Waals surface area contributed by atoms with Gasteiger partial charge in [0.25, 0.3) is 0 Å². The van der Waals surface area contributed by atoms with Crippen LogP contribution in [0.25, 0.3) is 0 Å². The molecule has 3 N–H and O–H groups in total. The molecule has 5 heteroatoms. The standard InChI is InChI=1S/C9H10N4O/c10-13-8(6-14)11-9(12-13)7-4-2-1-3-5-7/h1-6,8H,10H2,(H,11,12). The SMILES string of the molecule is NN1NC(c2ccccc2)=NC1C=O. The molecule has 0 spiro atoms. The van der Waals surface area contributed by atoms with Crippen LogP contribution in [0, 0.1) is 0 Å². The number of hydrogen-bond acceptors (Lipinski definition) is 5. The Bertz CT molecular complexity index is 362. The zero-order valence-corrected chi connectivity index (χ0v) is 7.42. The third-order valence-corrected chi connectivity index (χ3v) is 1.95. The first-order valence-corrected chi connectivity index (χ1v) is 4.20. The highest BCUT2D eigenvalue weighted by atomic mass is 16.1. The molecule has 0 fully saturated rings. The molecule has 0 bridgehead atoms. The zero-order chi connectivity index (χ0) is 9.97. The minimum absolute atomic E-state index is 0.616. The molecule has 72 valence electrons. The molecular formula is C9H10N4O. The van der Waals surface area contributed by atoms with E-state index in [0.29, 0.717) is 12.1 Å². The summed E-state index contributed by atoms with van der Waals surface area (Å²) in [6.07, 6.45) is 0.0494. The summed E-state index contributed by atoms with van der Waals surface area (Å²) in [6, 6.07) is 9.50. The number of carbonyl (C=O) groups excluding carboxylic acids is 1. The highest BCUT2D eigenvalue weighted by molar-refractivity contribution is 6.00. The van der Waals surface area contributed by atoms with Crippen molar-refractivity contribution in [2.75, 3.05) is 0 Å². The number of nitrogens with two attached hydrogens (primary N) is 1. The number of rotatable bonds is 2. The Hall–Kier alpha value is -1.72. The van der Waals surface area contributed by atoms with Gasteiger partial charge in [-0.3, -0.25) is 10.2 Å². The number of aliphatic imine (C=N–C) groups is 1. The number of aldehydes is 1. The number of nitrogens with zero attached hydrogens (tertiary/aromatic N) is 2. The van der Waals surface area contributed by atoms with Gasteiger partial charge < -0.3 is 0 Å². The largest absolute Gasteiger partial charge is 0.299 e. The average molecular weight is 190 g/mol. The maximum atomic E-state index is 10.5. The van der Waals surface area contributed by atoms with Crippen molar-refractivity contribution >= 4 is 12.1 Å². The summed E-state index contributed by atoms with van der Waals surface area (Å²) in [4.78, 5) is 14.6. The highest BCUT2D eigenvalue weighted by Gasteiger charge is 2.22. The maximum absolute atomic E-state index is 10.5. The molecule has 1 aliphatic rings. The van der Waals surface area contributed by atoms with Crippen LogP contribution >= 0.6 is 0 Å². The van der Waals surface area contributed by atoms with Crippen molar-refractivity contribution in [3.8, 4) is 0 Å². The predicted octanol–water partition coefficient (Wildman–Crippen LogP) is -0.348. The Morgan fingerprint density at radius 3 is 2.71 bits per heavy atom. The van der Waals surface area contributed by atoms with Crippen LogP contribution < -0.4 is 11.3 Å². The van der Waals surface area contributed by atoms with E-state index in [1.165, 1.54) is 5.12 Å². The number of amidine groups is 1. The fourth-order valence-corrected chi connectivity index (χ4v) is 1.24. The van der Waals surface area contributed by atoms with Crippen molar-refractivity contribution in [3.63, 3.8) is 0 Å². The second kappa shape index (κ2) is 3.57. The second-order valence-corrected chi connectivity index (χ2v) is 2.91. The van der Waals surface area contributed by atoms with Crippen molar-refractivity contribution < 1.29 is 4.79 Å². The summed E-state index contributed by atoms with van der Waals surface area (Å²) < 4.78 is 0. The molecule has 1 aromatic carbocycles. The summed E-state index contributed by atoms with van der Waals surface area (Å²) in [6.45, 7) is 0. The highest BCUT2D eigenvalue weighted by Crippen LogP contribution is 2.06. The Kier molecular flexibility index (Phi) is 2.26. The van der Waals surface area contributed by atoms with Gasteiger partial charge >= 0.3 is 0 Å². The topological polar surface area (TPSA) is 70.7 Å². The molecular weight excluding hydrogens is 180 g/mol. The minimum Gasteiger partial charge on any atom is -0.299 e. The molecule has 5 nitrogen and oxygen atoms in total. The summed E-state index contributed by atoms with van der Waals surface area (Å²) in [5, 5.41) is 1.18. The fourth-order valence-electron chi connectivity index (χ4n) is 1.24. The van der Waals surface area contributed by atoms with Gasteiger partial charge in [0.05, 0.1) is 0 Å². The van der Waals surface area contributed by atoms with Gasteiger partial charge in [-0.25, -0.2) is 10.8 Å². The van der Waals surface area contributed by atoms with Gasteiger partial charge in [-0.2, -0.15) is 0 Å². The van der Waals surface area contributed by atoms with E-state index in [-0.39, 0.29) is 0 Å². The van der Waals surface area contributed by atoms with Crippen molar-refractivity contribution in [1.82, 2.24) is 10.5 Å². The Labute approximate surface area is 81.2 Å². The predicted molar refractivity (Wildman–Crippen MR) is 52.0 cm³/mol. The molecule has 1 aliphatic heterocycles. The van der Waals surface area contributed by atoms with E-state index < -0.39 is 6.17 Å². The van der Waals surface area contributed by atoms with Crippen LogP contribution in [0.5, 0.6) is 0 Å². The summed E-state index contributed by atoms with van der Waals surface area (Å²) in [5.74, 6) is 6.11. The molecule has 1 aromatic rings. The summed E-state index contributed by atoms with van der Waals surface area (Å²) >= 11 is 0. The van der Waals surface area contributed by atoms with Crippen LogP contribution in [-0.4, -0.2) is 23.4 Å². The van der Waals surface area contributed by atoms with Gasteiger partial charge in [-0.05, 0) is 0 Å². The smallest absolute Gasteiger partial charge is 0.191 e. The molecule has 1 unspecified atom stereocenters. The van der Waals surface area contributed by atoms with E-state index >= 15 is 0 Å². The van der Waals surface area contributed by atoms with Gasteiger partial charge in [0, 0.05) is 5.56 Å². The van der Waals surface area contributed by atoms with Crippen LogP contribution in [0.4, 0.5) is 0 Å². The molecule has 0 amide bonds. The number of benzene rings is 1. The van der Waals surface area contributed by atoms with Crippen molar-refractivity contribution in [3.05, 3.63) is 35.9 Å². The summed E-state index contributed by atoms with van der Waals surface area (Å²) in [5.41, 5.74) is 3.71. The van der Waals surface area contributed by atoms with Crippen LogP contribution in [0.2, 0.25) is 0 Å². The summed E-state index contributed by atoms with van der Waals surface area (Å²) in [7, 11) is 0. The van der Waals surface area contributed by atoms with Crippen molar-refractivity contribution in [2.24, 2.45) is 10.8 Å². The van der Waals surface area contributed by atoms with Gasteiger partial charge in [-0.15, -0.1) is 5.12 Å². The second-order valence-electron chi connectivity index (χ2n) is 2.91. The molecule has 2 rings (SSSR count). The van der Waals surface area contributed by atoms with Gasteiger partial charge in [0.1, 0.15) is 5.84 Å². The van der Waals surface area contributed by atoms with E-state index in [2.05, 4.69) is 10.4 Å². The molecule has 1 atom stereocenters. The third-order valence-electron chi connectivity index (χ3n) is 1.95. The molecule has 0 saturated heterocycles. The monoisotopic (exact) mass is 190 g/mol. The maximum Gasteiger partial charge on any atom is 0.191 e. The van der Waals surface area contributed by atoms with Gasteiger partial charge in [-0.1, -0.05) is 30.3 Å². The lowest BCUT2D eigenvalue weighted by atomic mass is 10.2. The van der Waals surface area contributed by atoms with Crippen LogP contribution in [0.15, 0.2) is 35.3 Å². The first-order valence-electron chi connectivity index (χ1n) is 4.20. The van der Waals surface area contributed by atoms with E-state index in [1.54, 1.807) is 0 Å². The number of nitrogens with one attached hydrogen (secondary N) is 1. The van der Waals surface area contributed by atoms with Crippen LogP contribution in [0.3, 0.4) is 0 Å². The lowest BCUT2D eigenvalue weighted by Gasteiger charge is -2.11. The fraction of sp³-hybridized carbons (Fsp3) is 0.111. The van der Waals surface area contributed by atoms with E-state index in [1.807, 2.05) is 30.3 Å². The molecule has 14 heavy (non-hydrogen) atoms. The Morgan fingerprint density at radius 1 is 1.43 bits per heavy atom. The quantitative estimate of drug-likeness (QED) is 0.494.